The van der Waals surface area contributed by atoms with Crippen molar-refractivity contribution in [3.05, 3.63) is 23.9 Å². The minimum atomic E-state index is -0.528. The van der Waals surface area contributed by atoms with Crippen LogP contribution in [0.3, 0.4) is 0 Å². The number of hydrazine groups is 1. The van der Waals surface area contributed by atoms with E-state index < -0.39 is 5.60 Å². The lowest BCUT2D eigenvalue weighted by atomic mass is 10.1. The molecule has 0 unspecified atom stereocenters. The number of carbonyl (C=O) groups is 1. The Labute approximate surface area is 179 Å². The van der Waals surface area contributed by atoms with Crippen LogP contribution in [0.1, 0.15) is 47.1 Å². The molecule has 0 aromatic carbocycles. The second-order valence-electron chi connectivity index (χ2n) is 8.77. The molecular formula is C21H35N7O2. The third kappa shape index (κ3) is 6.16. The summed E-state index contributed by atoms with van der Waals surface area (Å²) in [6.45, 7) is 13.9. The first-order valence-electron chi connectivity index (χ1n) is 10.3. The maximum absolute atomic E-state index is 12.4. The number of hydrogen-bond donors (Lipinski definition) is 2. The highest BCUT2D eigenvalue weighted by Gasteiger charge is 2.30. The quantitative estimate of drug-likeness (QED) is 0.563. The molecule has 0 saturated carbocycles. The molecule has 1 amide bonds. The molecule has 1 aromatic heterocycles. The van der Waals surface area contributed by atoms with Gasteiger partial charge in [0, 0.05) is 32.4 Å². The number of aromatic nitrogens is 1. The number of carbonyl (C=O) groups excluding carboxylic acids is 1. The molecule has 0 bridgehead atoms. The fraction of sp³-hybridized carbons (Fsp3) is 0.619. The molecule has 0 radical (unpaired) electrons. The van der Waals surface area contributed by atoms with E-state index in [0.717, 1.165) is 0 Å². The molecule has 1 aliphatic heterocycles. The van der Waals surface area contributed by atoms with Crippen molar-refractivity contribution in [3.8, 4) is 0 Å². The second kappa shape index (κ2) is 9.88. The SMILES string of the molecule is CC(C)[C@H](C)N=C(c1cccnc1N)N(C=N)N1CCN(C(=O)OC(C)(C)C)CC1. The van der Waals surface area contributed by atoms with Crippen LogP contribution in [0.2, 0.25) is 0 Å². The van der Waals surface area contributed by atoms with Crippen LogP contribution in [0.4, 0.5) is 10.6 Å². The van der Waals surface area contributed by atoms with Crippen molar-refractivity contribution in [2.24, 2.45) is 10.9 Å². The van der Waals surface area contributed by atoms with Gasteiger partial charge in [0.2, 0.25) is 0 Å². The number of amides is 1. The lowest BCUT2D eigenvalue weighted by molar-refractivity contribution is -0.000997. The summed E-state index contributed by atoms with van der Waals surface area (Å²) in [7, 11) is 0. The largest absolute Gasteiger partial charge is 0.444 e. The van der Waals surface area contributed by atoms with E-state index in [1.54, 1.807) is 16.1 Å². The highest BCUT2D eigenvalue weighted by Crippen LogP contribution is 2.18. The summed E-state index contributed by atoms with van der Waals surface area (Å²) in [6, 6.07) is 3.70. The van der Waals surface area contributed by atoms with Crippen LogP contribution >= 0.6 is 0 Å². The third-order valence-electron chi connectivity index (χ3n) is 4.92. The van der Waals surface area contributed by atoms with Crippen LogP contribution in [-0.2, 0) is 4.74 Å². The van der Waals surface area contributed by atoms with Gasteiger partial charge in [-0.2, -0.15) is 0 Å². The number of anilines is 1. The topological polar surface area (TPSA) is 111 Å². The number of ether oxygens (including phenoxy) is 1. The van der Waals surface area contributed by atoms with Crippen LogP contribution in [0, 0.1) is 11.3 Å². The van der Waals surface area contributed by atoms with Crippen LogP contribution in [0.15, 0.2) is 23.3 Å². The van der Waals surface area contributed by atoms with E-state index in [2.05, 4.69) is 18.8 Å². The Morgan fingerprint density at radius 3 is 2.43 bits per heavy atom. The van der Waals surface area contributed by atoms with Gasteiger partial charge in [0.1, 0.15) is 17.8 Å². The fourth-order valence-corrected chi connectivity index (χ4v) is 2.90. The number of aliphatic imine (C=N–C) groups is 1. The van der Waals surface area contributed by atoms with E-state index >= 15 is 0 Å². The van der Waals surface area contributed by atoms with Crippen LogP contribution in [0.25, 0.3) is 0 Å². The number of nitrogens with one attached hydrogen (secondary N) is 1. The minimum Gasteiger partial charge on any atom is -0.444 e. The zero-order valence-corrected chi connectivity index (χ0v) is 18.9. The predicted molar refractivity (Wildman–Crippen MR) is 119 cm³/mol. The van der Waals surface area contributed by atoms with E-state index in [-0.39, 0.29) is 12.1 Å². The van der Waals surface area contributed by atoms with Gasteiger partial charge in [0.15, 0.2) is 5.84 Å². The van der Waals surface area contributed by atoms with E-state index in [9.17, 15) is 4.79 Å². The molecule has 166 valence electrons. The van der Waals surface area contributed by atoms with Gasteiger partial charge in [-0.05, 0) is 45.7 Å². The number of nitrogens with two attached hydrogens (primary N) is 1. The zero-order chi connectivity index (χ0) is 22.5. The van der Waals surface area contributed by atoms with Gasteiger partial charge in [-0.3, -0.25) is 10.4 Å². The number of piperazine rings is 1. The lowest BCUT2D eigenvalue weighted by Crippen LogP contribution is -2.57. The standard InChI is InChI=1S/C21H35N7O2/c1-15(2)16(3)25-19(17-8-7-9-24-18(17)23)28(14-22)27-12-10-26(11-13-27)20(29)30-21(4,5)6/h7-9,14-16,22H,10-13H2,1-6H3,(H2,23,24)/t16-/m0/s1. The van der Waals surface area contributed by atoms with E-state index in [4.69, 9.17) is 20.9 Å². The Kier molecular flexibility index (Phi) is 7.77. The second-order valence-corrected chi connectivity index (χ2v) is 8.77. The third-order valence-corrected chi connectivity index (χ3v) is 4.92. The van der Waals surface area contributed by atoms with Crippen molar-refractivity contribution in [3.63, 3.8) is 0 Å². The Morgan fingerprint density at radius 2 is 1.93 bits per heavy atom. The first-order valence-corrected chi connectivity index (χ1v) is 10.3. The summed E-state index contributed by atoms with van der Waals surface area (Å²) in [5, 5.41) is 11.8. The molecule has 1 atom stereocenters. The Bertz CT molecular complexity index is 765. The highest BCUT2D eigenvalue weighted by atomic mass is 16.6. The monoisotopic (exact) mass is 417 g/mol. The summed E-state index contributed by atoms with van der Waals surface area (Å²) in [5.74, 6) is 1.28. The van der Waals surface area contributed by atoms with Crippen molar-refractivity contribution < 1.29 is 9.53 Å². The van der Waals surface area contributed by atoms with Crippen molar-refractivity contribution in [1.82, 2.24) is 19.9 Å². The molecule has 1 aromatic rings. The smallest absolute Gasteiger partial charge is 0.410 e. The number of nitrogen functional groups attached to an aromatic ring is 1. The zero-order valence-electron chi connectivity index (χ0n) is 18.9. The van der Waals surface area contributed by atoms with Gasteiger partial charge in [-0.15, -0.1) is 0 Å². The van der Waals surface area contributed by atoms with E-state index in [1.165, 1.54) is 6.34 Å². The molecule has 1 fully saturated rings. The van der Waals surface area contributed by atoms with Crippen molar-refractivity contribution in [1.29, 1.82) is 5.41 Å². The minimum absolute atomic E-state index is 0.0325. The van der Waals surface area contributed by atoms with E-state index in [1.807, 2.05) is 44.8 Å². The summed E-state index contributed by atoms with van der Waals surface area (Å²) >= 11 is 0. The van der Waals surface area contributed by atoms with Gasteiger partial charge in [-0.25, -0.2) is 19.8 Å². The Balaban J connectivity index is 2.24. The summed E-state index contributed by atoms with van der Waals surface area (Å²) in [4.78, 5) is 23.1. The van der Waals surface area contributed by atoms with Crippen molar-refractivity contribution in [2.45, 2.75) is 53.2 Å². The number of hydrogen-bond acceptors (Lipinski definition) is 7. The normalized spacial score (nSPS) is 17.0. The number of nitrogens with zero attached hydrogens (tertiary/aromatic N) is 5. The van der Waals surface area contributed by atoms with Gasteiger partial charge < -0.3 is 15.4 Å². The average molecular weight is 418 g/mol. The summed E-state index contributed by atoms with van der Waals surface area (Å²) < 4.78 is 5.47. The fourth-order valence-electron chi connectivity index (χ4n) is 2.90. The highest BCUT2D eigenvalue weighted by molar-refractivity contribution is 6.06. The molecule has 1 saturated heterocycles. The number of rotatable bonds is 5. The molecule has 9 nitrogen and oxygen atoms in total. The molecule has 2 heterocycles. The Morgan fingerprint density at radius 1 is 1.30 bits per heavy atom. The first-order chi connectivity index (χ1) is 14.0. The predicted octanol–water partition coefficient (Wildman–Crippen LogP) is 2.83. The molecule has 3 N–H and O–H groups in total. The maximum atomic E-state index is 12.4. The molecule has 0 spiro atoms. The van der Waals surface area contributed by atoms with Crippen molar-refractivity contribution >= 4 is 24.1 Å². The summed E-state index contributed by atoms with van der Waals surface area (Å²) in [6.07, 6.45) is 2.56. The lowest BCUT2D eigenvalue weighted by Gasteiger charge is -2.40. The number of pyridine rings is 1. The maximum Gasteiger partial charge on any atom is 0.410 e. The van der Waals surface area contributed by atoms with Gasteiger partial charge in [0.05, 0.1) is 11.6 Å². The van der Waals surface area contributed by atoms with Crippen LogP contribution in [0.5, 0.6) is 0 Å². The van der Waals surface area contributed by atoms with Gasteiger partial charge >= 0.3 is 6.09 Å². The Hall–Kier alpha value is -2.68. The van der Waals surface area contributed by atoms with Crippen LogP contribution < -0.4 is 5.73 Å². The molecule has 30 heavy (non-hydrogen) atoms. The first kappa shape index (κ1) is 23.6. The number of amidine groups is 1. The molecule has 2 rings (SSSR count). The molecule has 1 aliphatic rings. The average Bonchev–Trinajstić information content (AvgIpc) is 2.67. The molecular weight excluding hydrogens is 382 g/mol. The van der Waals surface area contributed by atoms with E-state index in [0.29, 0.717) is 49.3 Å². The van der Waals surface area contributed by atoms with Crippen LogP contribution in [-0.4, -0.2) is 76.0 Å². The molecule has 9 heteroatoms. The van der Waals surface area contributed by atoms with Gasteiger partial charge in [0.25, 0.3) is 0 Å². The summed E-state index contributed by atoms with van der Waals surface area (Å²) in [5.41, 5.74) is 6.29. The van der Waals surface area contributed by atoms with Crippen molar-refractivity contribution in [2.75, 3.05) is 31.9 Å². The van der Waals surface area contributed by atoms with Gasteiger partial charge in [-0.1, -0.05) is 13.8 Å². The molecule has 0 aliphatic carbocycles.